The highest BCUT2D eigenvalue weighted by Gasteiger charge is 2.43. The Labute approximate surface area is 85.5 Å². The third-order valence-electron chi connectivity index (χ3n) is 2.09. The molecule has 0 heterocycles. The summed E-state index contributed by atoms with van der Waals surface area (Å²) in [7, 11) is 0. The minimum atomic E-state index is -3.56. The zero-order valence-electron chi connectivity index (χ0n) is 8.08. The lowest BCUT2D eigenvalue weighted by Crippen LogP contribution is -2.45. The average Bonchev–Trinajstić information content (AvgIpc) is 2.17. The molecule has 1 aromatic rings. The number of benzene rings is 1. The lowest BCUT2D eigenvalue weighted by atomic mass is 10.0. The summed E-state index contributed by atoms with van der Waals surface area (Å²) in [6.07, 6.45) is 0. The van der Waals surface area contributed by atoms with Crippen LogP contribution in [0.2, 0.25) is 0 Å². The number of nitrogens with two attached hydrogens (primary N) is 1. The maximum Gasteiger partial charge on any atom is 0.327 e. The van der Waals surface area contributed by atoms with Crippen molar-refractivity contribution < 1.29 is 18.7 Å². The van der Waals surface area contributed by atoms with Gasteiger partial charge in [0.1, 0.15) is 0 Å². The van der Waals surface area contributed by atoms with Crippen LogP contribution in [-0.2, 0) is 10.7 Å². The molecule has 3 nitrogen and oxygen atoms in total. The van der Waals surface area contributed by atoms with Gasteiger partial charge < -0.3 is 10.8 Å². The average molecular weight is 215 g/mol. The van der Waals surface area contributed by atoms with E-state index in [-0.39, 0.29) is 5.56 Å². The van der Waals surface area contributed by atoms with E-state index in [1.807, 2.05) is 0 Å². The van der Waals surface area contributed by atoms with E-state index < -0.39 is 17.9 Å². The van der Waals surface area contributed by atoms with E-state index in [1.165, 1.54) is 24.3 Å². The van der Waals surface area contributed by atoms with Crippen molar-refractivity contribution in [2.75, 3.05) is 0 Å². The van der Waals surface area contributed by atoms with Crippen LogP contribution < -0.4 is 5.73 Å². The van der Waals surface area contributed by atoms with Crippen molar-refractivity contribution in [1.29, 1.82) is 0 Å². The van der Waals surface area contributed by atoms with Crippen LogP contribution in [0.25, 0.3) is 0 Å². The van der Waals surface area contributed by atoms with E-state index in [0.717, 1.165) is 5.56 Å². The zero-order chi connectivity index (χ0) is 11.6. The molecule has 0 aliphatic heterocycles. The van der Waals surface area contributed by atoms with Crippen molar-refractivity contribution in [3.05, 3.63) is 35.4 Å². The van der Waals surface area contributed by atoms with Gasteiger partial charge >= 0.3 is 5.97 Å². The first-order valence-corrected chi connectivity index (χ1v) is 4.29. The van der Waals surface area contributed by atoms with Crippen molar-refractivity contribution >= 4 is 5.97 Å². The van der Waals surface area contributed by atoms with Crippen LogP contribution in [0.5, 0.6) is 0 Å². The molecule has 0 fully saturated rings. The number of hydrogen-bond donors (Lipinski definition) is 2. The molecule has 1 rings (SSSR count). The molecule has 15 heavy (non-hydrogen) atoms. The van der Waals surface area contributed by atoms with Gasteiger partial charge in [0.15, 0.2) is 6.04 Å². The summed E-state index contributed by atoms with van der Waals surface area (Å²) < 4.78 is 26.9. The quantitative estimate of drug-likeness (QED) is 0.803. The summed E-state index contributed by atoms with van der Waals surface area (Å²) >= 11 is 0. The van der Waals surface area contributed by atoms with Gasteiger partial charge in [0.25, 0.3) is 5.92 Å². The van der Waals surface area contributed by atoms with Gasteiger partial charge in [-0.2, -0.15) is 8.78 Å². The van der Waals surface area contributed by atoms with Crippen molar-refractivity contribution in [1.82, 2.24) is 0 Å². The third kappa shape index (κ3) is 2.30. The van der Waals surface area contributed by atoms with Gasteiger partial charge in [-0.1, -0.05) is 29.8 Å². The number of carboxylic acid groups (broad SMARTS) is 1. The van der Waals surface area contributed by atoms with Crippen molar-refractivity contribution in [3.8, 4) is 0 Å². The summed E-state index contributed by atoms with van der Waals surface area (Å²) in [5.41, 5.74) is 5.35. The van der Waals surface area contributed by atoms with Gasteiger partial charge in [0.2, 0.25) is 0 Å². The summed E-state index contributed by atoms with van der Waals surface area (Å²) in [5, 5.41) is 8.43. The van der Waals surface area contributed by atoms with E-state index in [1.54, 1.807) is 6.92 Å². The molecular formula is C10H11F2NO2. The standard InChI is InChI=1S/C10H11F2NO2/c1-6-2-4-7(5-3-6)10(11,12)8(13)9(14)15/h2-5,8H,13H2,1H3,(H,14,15). The second-order valence-corrected chi connectivity index (χ2v) is 3.30. The Hall–Kier alpha value is -1.49. The molecule has 1 aromatic carbocycles. The third-order valence-corrected chi connectivity index (χ3v) is 2.09. The molecule has 0 radical (unpaired) electrons. The second-order valence-electron chi connectivity index (χ2n) is 3.30. The SMILES string of the molecule is Cc1ccc(C(F)(F)C(N)C(=O)O)cc1. The van der Waals surface area contributed by atoms with E-state index in [2.05, 4.69) is 0 Å². The molecule has 1 unspecified atom stereocenters. The summed E-state index contributed by atoms with van der Waals surface area (Å²) in [6, 6.07) is 3.10. The highest BCUT2D eigenvalue weighted by Crippen LogP contribution is 2.30. The van der Waals surface area contributed by atoms with Gasteiger partial charge in [0, 0.05) is 5.56 Å². The number of carbonyl (C=O) groups is 1. The first-order chi connectivity index (χ1) is 6.85. The lowest BCUT2D eigenvalue weighted by molar-refractivity contribution is -0.149. The lowest BCUT2D eigenvalue weighted by Gasteiger charge is -2.20. The molecule has 0 aliphatic carbocycles. The molecule has 1 atom stereocenters. The second kappa shape index (κ2) is 3.94. The number of hydrogen-bond acceptors (Lipinski definition) is 2. The normalized spacial score (nSPS) is 13.6. The maximum atomic E-state index is 13.4. The number of alkyl halides is 2. The number of rotatable bonds is 3. The highest BCUT2D eigenvalue weighted by atomic mass is 19.3. The number of carboxylic acids is 1. The first-order valence-electron chi connectivity index (χ1n) is 4.29. The smallest absolute Gasteiger partial charge is 0.327 e. The number of aliphatic carboxylic acids is 1. The fourth-order valence-corrected chi connectivity index (χ4v) is 1.11. The van der Waals surface area contributed by atoms with Crippen LogP contribution in [0.3, 0.4) is 0 Å². The molecule has 0 amide bonds. The minimum Gasteiger partial charge on any atom is -0.480 e. The van der Waals surface area contributed by atoms with Crippen LogP contribution >= 0.6 is 0 Å². The molecule has 0 bridgehead atoms. The Balaban J connectivity index is 3.05. The summed E-state index contributed by atoms with van der Waals surface area (Å²) in [4.78, 5) is 10.4. The molecule has 0 saturated heterocycles. The van der Waals surface area contributed by atoms with Gasteiger partial charge in [-0.05, 0) is 6.92 Å². The van der Waals surface area contributed by atoms with E-state index in [4.69, 9.17) is 10.8 Å². The molecule has 3 N–H and O–H groups in total. The van der Waals surface area contributed by atoms with Crippen LogP contribution in [0, 0.1) is 6.92 Å². The van der Waals surface area contributed by atoms with Gasteiger partial charge in [0.05, 0.1) is 0 Å². The fourth-order valence-electron chi connectivity index (χ4n) is 1.11. The molecule has 0 aliphatic rings. The van der Waals surface area contributed by atoms with Gasteiger partial charge in [-0.25, -0.2) is 0 Å². The maximum absolute atomic E-state index is 13.4. The van der Waals surface area contributed by atoms with Crippen LogP contribution in [0.1, 0.15) is 11.1 Å². The molecule has 0 spiro atoms. The topological polar surface area (TPSA) is 63.3 Å². The summed E-state index contributed by atoms with van der Waals surface area (Å²) in [5.74, 6) is -5.28. The van der Waals surface area contributed by atoms with Crippen molar-refractivity contribution in [2.45, 2.75) is 18.9 Å². The molecule has 5 heteroatoms. The van der Waals surface area contributed by atoms with E-state index in [0.29, 0.717) is 0 Å². The molecular weight excluding hydrogens is 204 g/mol. The Morgan fingerprint density at radius 2 is 1.87 bits per heavy atom. The van der Waals surface area contributed by atoms with Gasteiger partial charge in [-0.15, -0.1) is 0 Å². The van der Waals surface area contributed by atoms with Crippen LogP contribution in [-0.4, -0.2) is 17.1 Å². The Bertz CT molecular complexity index is 362. The highest BCUT2D eigenvalue weighted by molar-refractivity contribution is 5.74. The van der Waals surface area contributed by atoms with Gasteiger partial charge in [-0.3, -0.25) is 4.79 Å². The zero-order valence-corrected chi connectivity index (χ0v) is 8.08. The fraction of sp³-hybridized carbons (Fsp3) is 0.300. The predicted molar refractivity (Wildman–Crippen MR) is 50.7 cm³/mol. The number of aryl methyl sites for hydroxylation is 1. The predicted octanol–water partition coefficient (Wildman–Crippen LogP) is 1.50. The Morgan fingerprint density at radius 3 is 2.27 bits per heavy atom. The van der Waals surface area contributed by atoms with Crippen LogP contribution in [0.4, 0.5) is 8.78 Å². The largest absolute Gasteiger partial charge is 0.480 e. The summed E-state index contributed by atoms with van der Waals surface area (Å²) in [6.45, 7) is 1.75. The molecule has 0 aromatic heterocycles. The monoisotopic (exact) mass is 215 g/mol. The van der Waals surface area contributed by atoms with Crippen molar-refractivity contribution in [2.24, 2.45) is 5.73 Å². The Morgan fingerprint density at radius 1 is 1.40 bits per heavy atom. The van der Waals surface area contributed by atoms with Crippen molar-refractivity contribution in [3.63, 3.8) is 0 Å². The van der Waals surface area contributed by atoms with Crippen LogP contribution in [0.15, 0.2) is 24.3 Å². The number of halogens is 2. The van der Waals surface area contributed by atoms with E-state index in [9.17, 15) is 13.6 Å². The minimum absolute atomic E-state index is 0.386. The molecule has 82 valence electrons. The Kier molecular flexibility index (Phi) is 3.04. The first kappa shape index (κ1) is 11.6. The van der Waals surface area contributed by atoms with E-state index >= 15 is 0 Å². The molecule has 0 saturated carbocycles.